The van der Waals surface area contributed by atoms with Gasteiger partial charge in [0.25, 0.3) is 5.91 Å². The largest absolute Gasteiger partial charge is 0.341 e. The average molecular weight is 347 g/mol. The summed E-state index contributed by atoms with van der Waals surface area (Å²) in [6, 6.07) is 2.25. The van der Waals surface area contributed by atoms with E-state index in [9.17, 15) is 4.79 Å². The van der Waals surface area contributed by atoms with E-state index in [1.807, 2.05) is 46.7 Å². The molecular formula is C18H26N4OS. The molecule has 0 aliphatic carbocycles. The molecule has 2 aromatic rings. The number of likely N-dealkylation sites (tertiary alicyclic amines) is 1. The molecule has 6 heteroatoms. The van der Waals surface area contributed by atoms with E-state index in [4.69, 9.17) is 0 Å². The van der Waals surface area contributed by atoms with Crippen LogP contribution in [0.2, 0.25) is 0 Å². The lowest BCUT2D eigenvalue weighted by molar-refractivity contribution is 0.0589. The molecule has 3 heterocycles. The van der Waals surface area contributed by atoms with E-state index in [0.29, 0.717) is 12.0 Å². The van der Waals surface area contributed by atoms with Crippen LogP contribution in [0.15, 0.2) is 29.2 Å². The number of hydrogen-bond acceptors (Lipinski definition) is 4. The van der Waals surface area contributed by atoms with Crippen LogP contribution in [-0.4, -0.2) is 52.2 Å². The average Bonchev–Trinajstić information content (AvgIpc) is 3.25. The van der Waals surface area contributed by atoms with Crippen molar-refractivity contribution in [3.63, 3.8) is 0 Å². The van der Waals surface area contributed by atoms with Crippen LogP contribution in [-0.2, 0) is 7.05 Å². The van der Waals surface area contributed by atoms with Crippen molar-refractivity contribution in [1.82, 2.24) is 19.6 Å². The van der Waals surface area contributed by atoms with E-state index >= 15 is 0 Å². The Bertz CT molecular complexity index is 666. The molecule has 0 spiro atoms. The maximum absolute atomic E-state index is 12.6. The first-order valence-electron chi connectivity index (χ1n) is 8.60. The normalized spacial score (nSPS) is 21.8. The molecule has 0 saturated carbocycles. The monoisotopic (exact) mass is 346 g/mol. The minimum atomic E-state index is 0.120. The molecular weight excluding hydrogens is 320 g/mol. The third kappa shape index (κ3) is 3.54. The highest BCUT2D eigenvalue weighted by Crippen LogP contribution is 2.36. The molecule has 24 heavy (non-hydrogen) atoms. The Kier molecular flexibility index (Phi) is 5.36. The number of amides is 1. The summed E-state index contributed by atoms with van der Waals surface area (Å²) in [6.07, 6.45) is 6.44. The van der Waals surface area contributed by atoms with Gasteiger partial charge in [0.05, 0.1) is 11.8 Å². The summed E-state index contributed by atoms with van der Waals surface area (Å²) >= 11 is 1.57. The van der Waals surface area contributed by atoms with Gasteiger partial charge in [-0.05, 0) is 43.3 Å². The Morgan fingerprint density at radius 1 is 1.50 bits per heavy atom. The summed E-state index contributed by atoms with van der Waals surface area (Å²) in [5.74, 6) is 0.560. The maximum Gasteiger partial charge on any atom is 0.254 e. The lowest BCUT2D eigenvalue weighted by Crippen LogP contribution is -2.43. The summed E-state index contributed by atoms with van der Waals surface area (Å²) in [6.45, 7) is 5.14. The molecule has 130 valence electrons. The fourth-order valence-corrected chi connectivity index (χ4v) is 4.44. The fourth-order valence-electron chi connectivity index (χ4n) is 3.81. The van der Waals surface area contributed by atoms with Crippen LogP contribution in [0.25, 0.3) is 0 Å². The first-order valence-corrected chi connectivity index (χ1v) is 9.54. The highest BCUT2D eigenvalue weighted by Gasteiger charge is 2.34. The van der Waals surface area contributed by atoms with Crippen LogP contribution in [0.3, 0.4) is 0 Å². The van der Waals surface area contributed by atoms with Crippen molar-refractivity contribution in [3.8, 4) is 0 Å². The Hall–Kier alpha value is -1.66. The summed E-state index contributed by atoms with van der Waals surface area (Å²) in [7, 11) is 3.88. The molecule has 0 aromatic carbocycles. The Labute approximate surface area is 147 Å². The number of aromatic nitrogens is 2. The second kappa shape index (κ2) is 7.49. The van der Waals surface area contributed by atoms with Gasteiger partial charge in [0.1, 0.15) is 0 Å². The molecule has 0 unspecified atom stereocenters. The van der Waals surface area contributed by atoms with Crippen LogP contribution < -0.4 is 0 Å². The van der Waals surface area contributed by atoms with E-state index in [1.165, 1.54) is 12.0 Å². The predicted octanol–water partition coefficient (Wildman–Crippen LogP) is 3.03. The van der Waals surface area contributed by atoms with E-state index < -0.39 is 0 Å². The molecule has 1 aliphatic rings. The quantitative estimate of drug-likeness (QED) is 0.836. The smallest absolute Gasteiger partial charge is 0.254 e. The molecule has 0 radical (unpaired) electrons. The zero-order chi connectivity index (χ0) is 17.1. The van der Waals surface area contributed by atoms with Gasteiger partial charge in [-0.3, -0.25) is 14.4 Å². The second-order valence-corrected chi connectivity index (χ2v) is 7.40. The molecule has 1 aliphatic heterocycles. The predicted molar refractivity (Wildman–Crippen MR) is 97.2 cm³/mol. The minimum absolute atomic E-state index is 0.120. The lowest BCUT2D eigenvalue weighted by atomic mass is 9.85. The first kappa shape index (κ1) is 17.2. The van der Waals surface area contributed by atoms with Crippen LogP contribution in [0.5, 0.6) is 0 Å². The fraction of sp³-hybridized carbons (Fsp3) is 0.556. The summed E-state index contributed by atoms with van der Waals surface area (Å²) < 4.78 is 1.87. The molecule has 3 rings (SSSR count). The van der Waals surface area contributed by atoms with Gasteiger partial charge < -0.3 is 4.90 Å². The van der Waals surface area contributed by atoms with Crippen LogP contribution in [0.4, 0.5) is 0 Å². The van der Waals surface area contributed by atoms with Gasteiger partial charge >= 0.3 is 0 Å². The van der Waals surface area contributed by atoms with E-state index in [0.717, 1.165) is 31.6 Å². The van der Waals surface area contributed by atoms with Gasteiger partial charge in [0, 0.05) is 43.8 Å². The topological polar surface area (TPSA) is 41.4 Å². The molecule has 1 amide bonds. The van der Waals surface area contributed by atoms with Gasteiger partial charge in [-0.2, -0.15) is 16.4 Å². The van der Waals surface area contributed by atoms with Crippen LogP contribution in [0.1, 0.15) is 41.7 Å². The Morgan fingerprint density at radius 3 is 2.96 bits per heavy atom. The first-order chi connectivity index (χ1) is 11.6. The number of aryl methyl sites for hydroxylation is 1. The van der Waals surface area contributed by atoms with Crippen molar-refractivity contribution in [2.45, 2.75) is 25.8 Å². The van der Waals surface area contributed by atoms with Crippen molar-refractivity contribution < 1.29 is 4.79 Å². The van der Waals surface area contributed by atoms with E-state index in [1.54, 1.807) is 11.3 Å². The maximum atomic E-state index is 12.6. The summed E-state index contributed by atoms with van der Waals surface area (Å²) in [5, 5.41) is 8.25. The van der Waals surface area contributed by atoms with Crippen LogP contribution >= 0.6 is 11.3 Å². The molecule has 0 bridgehead atoms. The Balaban J connectivity index is 1.77. The molecule has 2 aromatic heterocycles. The summed E-state index contributed by atoms with van der Waals surface area (Å²) in [4.78, 5) is 17.0. The standard InChI is InChI=1S/C18H26N4OS/c1-4-22-8-5-6-14(17(22)16-10-19-21(3)12-16)11-20(2)18(23)15-7-9-24-13-15/h7,9-10,12-14,17H,4-6,8,11H2,1-3H3/t14-,17+/m0/s1. The third-order valence-electron chi connectivity index (χ3n) is 4.96. The van der Waals surface area contributed by atoms with Crippen molar-refractivity contribution in [3.05, 3.63) is 40.3 Å². The van der Waals surface area contributed by atoms with E-state index in [2.05, 4.69) is 23.1 Å². The van der Waals surface area contributed by atoms with Crippen molar-refractivity contribution in [2.75, 3.05) is 26.7 Å². The number of hydrogen-bond donors (Lipinski definition) is 0. The van der Waals surface area contributed by atoms with Crippen LogP contribution in [0, 0.1) is 5.92 Å². The lowest BCUT2D eigenvalue weighted by Gasteiger charge is -2.42. The SMILES string of the molecule is CCN1CCC[C@@H](CN(C)C(=O)c2ccsc2)[C@@H]1c1cnn(C)c1. The minimum Gasteiger partial charge on any atom is -0.341 e. The third-order valence-corrected chi connectivity index (χ3v) is 5.64. The van der Waals surface area contributed by atoms with Crippen molar-refractivity contribution in [1.29, 1.82) is 0 Å². The number of carbonyl (C=O) groups excluding carboxylic acids is 1. The van der Waals surface area contributed by atoms with Gasteiger partial charge in [0.2, 0.25) is 0 Å². The summed E-state index contributed by atoms with van der Waals surface area (Å²) in [5.41, 5.74) is 2.06. The zero-order valence-corrected chi connectivity index (χ0v) is 15.5. The van der Waals surface area contributed by atoms with Crippen molar-refractivity contribution >= 4 is 17.2 Å². The van der Waals surface area contributed by atoms with Gasteiger partial charge in [0.15, 0.2) is 0 Å². The molecule has 0 N–H and O–H groups in total. The molecule has 1 fully saturated rings. The molecule has 1 saturated heterocycles. The molecule has 2 atom stereocenters. The highest BCUT2D eigenvalue weighted by atomic mass is 32.1. The number of piperidine rings is 1. The van der Waals surface area contributed by atoms with Gasteiger partial charge in [-0.15, -0.1) is 0 Å². The van der Waals surface area contributed by atoms with Gasteiger partial charge in [-0.1, -0.05) is 6.92 Å². The second-order valence-electron chi connectivity index (χ2n) is 6.62. The Morgan fingerprint density at radius 2 is 2.33 bits per heavy atom. The van der Waals surface area contributed by atoms with E-state index in [-0.39, 0.29) is 5.91 Å². The molecule has 5 nitrogen and oxygen atoms in total. The number of rotatable bonds is 5. The zero-order valence-electron chi connectivity index (χ0n) is 14.7. The van der Waals surface area contributed by atoms with Gasteiger partial charge in [-0.25, -0.2) is 0 Å². The number of nitrogens with zero attached hydrogens (tertiary/aromatic N) is 4. The van der Waals surface area contributed by atoms with Crippen molar-refractivity contribution in [2.24, 2.45) is 13.0 Å². The number of carbonyl (C=O) groups is 1. The highest BCUT2D eigenvalue weighted by molar-refractivity contribution is 7.08. The number of thiophene rings is 1.